The van der Waals surface area contributed by atoms with Crippen LogP contribution in [0.4, 0.5) is 5.82 Å². The summed E-state index contributed by atoms with van der Waals surface area (Å²) in [7, 11) is 0. The van der Waals surface area contributed by atoms with Gasteiger partial charge in [-0.2, -0.15) is 0 Å². The molecular formula is C26H23ClN4O2. The molecule has 0 atom stereocenters. The highest BCUT2D eigenvalue weighted by atomic mass is 35.5. The third kappa shape index (κ3) is 4.50. The molecule has 0 bridgehead atoms. The number of rotatable bonds is 2. The Morgan fingerprint density at radius 2 is 1.67 bits per heavy atom. The molecule has 0 spiro atoms. The van der Waals surface area contributed by atoms with Crippen molar-refractivity contribution in [3.63, 3.8) is 0 Å². The van der Waals surface area contributed by atoms with E-state index in [2.05, 4.69) is 16.8 Å². The summed E-state index contributed by atoms with van der Waals surface area (Å²) in [5, 5.41) is 2.38. The highest BCUT2D eigenvalue weighted by molar-refractivity contribution is 6.31. The van der Waals surface area contributed by atoms with Crippen LogP contribution in [0.1, 0.15) is 34.3 Å². The van der Waals surface area contributed by atoms with Gasteiger partial charge < -0.3 is 15.5 Å². The van der Waals surface area contributed by atoms with Gasteiger partial charge in [0.15, 0.2) is 0 Å². The maximum Gasteiger partial charge on any atom is 0.253 e. The second-order valence-corrected chi connectivity index (χ2v) is 8.91. The number of halogens is 1. The third-order valence-corrected chi connectivity index (χ3v) is 6.39. The number of nitrogens with two attached hydrogens (primary N) is 1. The fraction of sp³-hybridized carbons (Fsp3) is 0.269. The molecule has 33 heavy (non-hydrogen) atoms. The quantitative estimate of drug-likeness (QED) is 0.595. The number of fused-ring (bicyclic) bond motifs is 1. The average molecular weight is 459 g/mol. The number of hydrogen-bond donors (Lipinski definition) is 1. The fourth-order valence-corrected chi connectivity index (χ4v) is 4.23. The third-order valence-electron chi connectivity index (χ3n) is 6.15. The monoisotopic (exact) mass is 458 g/mol. The normalized spacial score (nSPS) is 15.8. The molecule has 2 heterocycles. The molecule has 2 N–H and O–H groups in total. The Labute approximate surface area is 197 Å². The van der Waals surface area contributed by atoms with Crippen LogP contribution in [0, 0.1) is 17.8 Å². The van der Waals surface area contributed by atoms with E-state index in [0.717, 1.165) is 29.2 Å². The highest BCUT2D eigenvalue weighted by Crippen LogP contribution is 2.31. The molecule has 1 aliphatic carbocycles. The lowest BCUT2D eigenvalue weighted by Crippen LogP contribution is -2.51. The second kappa shape index (κ2) is 8.76. The number of hydrogen-bond acceptors (Lipinski definition) is 4. The molecular weight excluding hydrogens is 436 g/mol. The van der Waals surface area contributed by atoms with Crippen LogP contribution < -0.4 is 5.73 Å². The molecule has 5 rings (SSSR count). The number of piperazine rings is 1. The smallest absolute Gasteiger partial charge is 0.253 e. The molecule has 1 saturated heterocycles. The van der Waals surface area contributed by atoms with E-state index < -0.39 is 0 Å². The minimum atomic E-state index is -0.0230. The first-order valence-electron chi connectivity index (χ1n) is 11.0. The van der Waals surface area contributed by atoms with Gasteiger partial charge in [0.1, 0.15) is 5.82 Å². The van der Waals surface area contributed by atoms with Gasteiger partial charge in [0.2, 0.25) is 5.91 Å². The summed E-state index contributed by atoms with van der Waals surface area (Å²) in [5.74, 6) is 7.02. The number of nitrogen functional groups attached to an aromatic ring is 1. The summed E-state index contributed by atoms with van der Waals surface area (Å²) < 4.78 is 0. The van der Waals surface area contributed by atoms with E-state index in [1.807, 2.05) is 34.1 Å². The van der Waals surface area contributed by atoms with Crippen LogP contribution in [0.15, 0.2) is 48.7 Å². The van der Waals surface area contributed by atoms with E-state index >= 15 is 0 Å². The van der Waals surface area contributed by atoms with E-state index in [1.165, 1.54) is 0 Å². The zero-order valence-electron chi connectivity index (χ0n) is 18.1. The van der Waals surface area contributed by atoms with Crippen molar-refractivity contribution in [2.75, 3.05) is 31.9 Å². The first kappa shape index (κ1) is 21.3. The standard InChI is InChI=1S/C26H23ClN4O2/c27-21-9-8-20-16-29-24(28)22(23(20)15-21)10-3-17-1-4-18(5-2-17)25(32)30-11-13-31(14-12-30)26(33)19-6-7-19/h1-2,4-5,8-9,15-16,19H,6-7,11-14H2,(H2,28,29). The van der Waals surface area contributed by atoms with Gasteiger partial charge in [-0.05, 0) is 49.2 Å². The van der Waals surface area contributed by atoms with Crippen molar-refractivity contribution in [3.8, 4) is 11.8 Å². The van der Waals surface area contributed by atoms with Gasteiger partial charge in [-0.1, -0.05) is 29.5 Å². The SMILES string of the molecule is Nc1ncc2ccc(Cl)cc2c1C#Cc1ccc(C(=O)N2CCN(C(=O)C3CC3)CC2)cc1. The topological polar surface area (TPSA) is 79.5 Å². The lowest BCUT2D eigenvalue weighted by molar-refractivity contribution is -0.134. The average Bonchev–Trinajstić information content (AvgIpc) is 3.69. The molecule has 0 radical (unpaired) electrons. The van der Waals surface area contributed by atoms with Gasteiger partial charge >= 0.3 is 0 Å². The van der Waals surface area contributed by atoms with Gasteiger partial charge in [0.25, 0.3) is 5.91 Å². The zero-order chi connectivity index (χ0) is 22.9. The lowest BCUT2D eigenvalue weighted by atomic mass is 10.1. The number of amides is 2. The molecule has 2 fully saturated rings. The maximum atomic E-state index is 12.9. The van der Waals surface area contributed by atoms with Gasteiger partial charge in [-0.15, -0.1) is 0 Å². The van der Waals surface area contributed by atoms with Gasteiger partial charge in [-0.25, -0.2) is 4.98 Å². The Morgan fingerprint density at radius 1 is 0.970 bits per heavy atom. The fourth-order valence-electron chi connectivity index (χ4n) is 4.06. The Kier molecular flexibility index (Phi) is 5.65. The van der Waals surface area contributed by atoms with E-state index in [1.54, 1.807) is 24.4 Å². The van der Waals surface area contributed by atoms with Gasteiger partial charge in [-0.3, -0.25) is 9.59 Å². The molecule has 7 heteroatoms. The number of carbonyl (C=O) groups is 2. The van der Waals surface area contributed by atoms with Crippen LogP contribution in [0.25, 0.3) is 10.8 Å². The summed E-state index contributed by atoms with van der Waals surface area (Å²) in [5.41, 5.74) is 8.08. The molecule has 1 aliphatic heterocycles. The van der Waals surface area contributed by atoms with Crippen LogP contribution in [-0.2, 0) is 4.79 Å². The Balaban J connectivity index is 1.28. The second-order valence-electron chi connectivity index (χ2n) is 8.47. The van der Waals surface area contributed by atoms with Crippen molar-refractivity contribution >= 4 is 40.0 Å². The highest BCUT2D eigenvalue weighted by Gasteiger charge is 2.35. The van der Waals surface area contributed by atoms with Crippen molar-refractivity contribution in [1.29, 1.82) is 0 Å². The zero-order valence-corrected chi connectivity index (χ0v) is 18.8. The molecule has 1 aromatic heterocycles. The van der Waals surface area contributed by atoms with Crippen molar-refractivity contribution < 1.29 is 9.59 Å². The first-order chi connectivity index (χ1) is 16.0. The van der Waals surface area contributed by atoms with Gasteiger partial charge in [0, 0.05) is 65.2 Å². The van der Waals surface area contributed by atoms with Crippen LogP contribution in [0.2, 0.25) is 5.02 Å². The molecule has 1 saturated carbocycles. The number of anilines is 1. The van der Waals surface area contributed by atoms with E-state index in [4.69, 9.17) is 17.3 Å². The van der Waals surface area contributed by atoms with Crippen molar-refractivity contribution in [3.05, 3.63) is 70.4 Å². The minimum absolute atomic E-state index is 0.0230. The number of aromatic nitrogens is 1. The molecule has 166 valence electrons. The number of benzene rings is 2. The van der Waals surface area contributed by atoms with Crippen LogP contribution >= 0.6 is 11.6 Å². The van der Waals surface area contributed by atoms with Crippen LogP contribution in [0.3, 0.4) is 0 Å². The predicted octanol–water partition coefficient (Wildman–Crippen LogP) is 3.56. The molecule has 6 nitrogen and oxygen atoms in total. The molecule has 3 aromatic rings. The lowest BCUT2D eigenvalue weighted by Gasteiger charge is -2.35. The summed E-state index contributed by atoms with van der Waals surface area (Å²) in [6.45, 7) is 2.34. The Hall–Kier alpha value is -3.56. The van der Waals surface area contributed by atoms with Gasteiger partial charge in [0.05, 0.1) is 5.56 Å². The summed E-state index contributed by atoms with van der Waals surface area (Å²) in [6.07, 6.45) is 3.71. The van der Waals surface area contributed by atoms with Crippen molar-refractivity contribution in [1.82, 2.24) is 14.8 Å². The minimum Gasteiger partial charge on any atom is -0.383 e. The molecule has 2 aliphatic rings. The first-order valence-corrected chi connectivity index (χ1v) is 11.4. The Bertz CT molecular complexity index is 1290. The van der Waals surface area contributed by atoms with Crippen molar-refractivity contribution in [2.45, 2.75) is 12.8 Å². The van der Waals surface area contributed by atoms with Crippen LogP contribution in [-0.4, -0.2) is 52.8 Å². The predicted molar refractivity (Wildman–Crippen MR) is 129 cm³/mol. The Morgan fingerprint density at radius 3 is 2.36 bits per heavy atom. The van der Waals surface area contributed by atoms with E-state index in [9.17, 15) is 9.59 Å². The molecule has 2 aromatic carbocycles. The maximum absolute atomic E-state index is 12.9. The summed E-state index contributed by atoms with van der Waals surface area (Å²) in [6, 6.07) is 12.8. The number of pyridine rings is 1. The molecule has 0 unspecified atom stereocenters. The number of carbonyl (C=O) groups excluding carboxylic acids is 2. The number of nitrogens with zero attached hydrogens (tertiary/aromatic N) is 3. The van der Waals surface area contributed by atoms with Crippen molar-refractivity contribution in [2.24, 2.45) is 5.92 Å². The van der Waals surface area contributed by atoms with E-state index in [-0.39, 0.29) is 17.7 Å². The largest absolute Gasteiger partial charge is 0.383 e. The molecule has 2 amide bonds. The van der Waals surface area contributed by atoms with E-state index in [0.29, 0.717) is 48.1 Å². The summed E-state index contributed by atoms with van der Waals surface area (Å²) in [4.78, 5) is 33.0. The van der Waals surface area contributed by atoms with Crippen LogP contribution in [0.5, 0.6) is 0 Å². The summed E-state index contributed by atoms with van der Waals surface area (Å²) >= 11 is 6.15.